The molecule has 9 heteroatoms. The summed E-state index contributed by atoms with van der Waals surface area (Å²) in [6, 6.07) is 0. The van der Waals surface area contributed by atoms with Gasteiger partial charge in [-0.25, -0.2) is 14.4 Å². The third-order valence-corrected chi connectivity index (χ3v) is 1.64. The van der Waals surface area contributed by atoms with Crippen LogP contribution in [0.5, 0.6) is 0 Å². The predicted octanol–water partition coefficient (Wildman–Crippen LogP) is -3.07. The Morgan fingerprint density at radius 1 is 0.625 bits per heavy atom. The van der Waals surface area contributed by atoms with Crippen molar-refractivity contribution in [3.8, 4) is 0 Å². The van der Waals surface area contributed by atoms with E-state index in [1.165, 1.54) is 0 Å². The van der Waals surface area contributed by atoms with Crippen LogP contribution < -0.4 is 27.7 Å². The first-order chi connectivity index (χ1) is 7.18. The fourth-order valence-corrected chi connectivity index (χ4v) is 1.01. The standard InChI is InChI=1S/C4H10N2.C3H3N3O3.Ce/c1-2-6-4-3-5-1;7-1-4-2(8)6-3(9)5-1;/h5-6H,1-4H2;(H3,4,5,6,7,8,9);. The zero-order valence-electron chi connectivity index (χ0n) is 8.55. The largest absolute Gasteiger partial charge is 0.330 e. The van der Waals surface area contributed by atoms with E-state index in [2.05, 4.69) is 10.6 Å². The van der Waals surface area contributed by atoms with E-state index in [4.69, 9.17) is 0 Å². The summed E-state index contributed by atoms with van der Waals surface area (Å²) in [5.41, 5.74) is -2.41. The Morgan fingerprint density at radius 2 is 0.875 bits per heavy atom. The van der Waals surface area contributed by atoms with Crippen molar-refractivity contribution in [2.45, 2.75) is 0 Å². The zero-order chi connectivity index (χ0) is 11.1. The maximum Gasteiger partial charge on any atom is 0.330 e. The molecule has 0 atom stereocenters. The molecule has 0 radical (unpaired) electrons. The number of H-pyrrole nitrogens is 3. The van der Waals surface area contributed by atoms with Gasteiger partial charge in [-0.15, -0.1) is 0 Å². The van der Waals surface area contributed by atoms with E-state index in [1.54, 1.807) is 15.0 Å². The Morgan fingerprint density at radius 3 is 1.06 bits per heavy atom. The Kier molecular flexibility index (Phi) is 8.65. The smallest absolute Gasteiger partial charge is 0.314 e. The Bertz CT molecular complexity index is 356. The maximum absolute atomic E-state index is 10.2. The SMILES string of the molecule is C1CNCCN1.O=c1[nH]c(=O)[nH]c(=O)[nH]1.[Ce]. The average molecular weight is 355 g/mol. The third-order valence-electron chi connectivity index (χ3n) is 1.64. The normalized spacial score (nSPS) is 14.2. The van der Waals surface area contributed by atoms with Crippen molar-refractivity contribution in [2.75, 3.05) is 26.2 Å². The summed E-state index contributed by atoms with van der Waals surface area (Å²) < 4.78 is 0. The summed E-state index contributed by atoms with van der Waals surface area (Å²) >= 11 is 0. The van der Waals surface area contributed by atoms with Crippen LogP contribution in [-0.4, -0.2) is 41.1 Å². The van der Waals surface area contributed by atoms with Crippen LogP contribution in [-0.2, 0) is 0 Å². The van der Waals surface area contributed by atoms with Gasteiger partial charge >= 0.3 is 17.1 Å². The van der Waals surface area contributed by atoms with Crippen molar-refractivity contribution in [3.05, 3.63) is 31.5 Å². The van der Waals surface area contributed by atoms with Gasteiger partial charge in [0.15, 0.2) is 0 Å². The molecule has 1 aromatic rings. The molecule has 1 saturated heterocycles. The van der Waals surface area contributed by atoms with Crippen LogP contribution >= 0.6 is 0 Å². The van der Waals surface area contributed by atoms with E-state index in [0.29, 0.717) is 0 Å². The zero-order valence-corrected chi connectivity index (χ0v) is 11.7. The minimum atomic E-state index is -0.802. The van der Waals surface area contributed by atoms with Gasteiger partial charge in [-0.3, -0.25) is 15.0 Å². The predicted molar refractivity (Wildman–Crippen MR) is 54.0 cm³/mol. The second kappa shape index (κ2) is 8.81. The first-order valence-corrected chi connectivity index (χ1v) is 4.53. The average Bonchev–Trinajstić information content (AvgIpc) is 2.19. The molecule has 2 heterocycles. The molecule has 0 amide bonds. The number of aromatic amines is 3. The molecule has 1 fully saturated rings. The van der Waals surface area contributed by atoms with Crippen molar-refractivity contribution >= 4 is 0 Å². The number of hydrogen-bond acceptors (Lipinski definition) is 5. The van der Waals surface area contributed by atoms with Gasteiger partial charge in [0.25, 0.3) is 0 Å². The van der Waals surface area contributed by atoms with Gasteiger partial charge in [0.2, 0.25) is 0 Å². The molecule has 1 aliphatic rings. The van der Waals surface area contributed by atoms with Crippen LogP contribution in [0.1, 0.15) is 0 Å². The van der Waals surface area contributed by atoms with Crippen LogP contribution in [0, 0.1) is 41.7 Å². The van der Waals surface area contributed by atoms with Crippen LogP contribution in [0.2, 0.25) is 0 Å². The third kappa shape index (κ3) is 7.06. The molecule has 0 aromatic carbocycles. The Balaban J connectivity index is 0.000000283. The van der Waals surface area contributed by atoms with Gasteiger partial charge in [-0.2, -0.15) is 0 Å². The Labute approximate surface area is 124 Å². The number of aromatic nitrogens is 3. The summed E-state index contributed by atoms with van der Waals surface area (Å²) in [6.45, 7) is 4.56. The van der Waals surface area contributed by atoms with Crippen molar-refractivity contribution in [2.24, 2.45) is 0 Å². The van der Waals surface area contributed by atoms with Crippen LogP contribution in [0.25, 0.3) is 0 Å². The van der Waals surface area contributed by atoms with E-state index in [9.17, 15) is 14.4 Å². The molecule has 8 nitrogen and oxygen atoms in total. The number of nitrogens with one attached hydrogen (secondary N) is 5. The van der Waals surface area contributed by atoms with E-state index in [0.717, 1.165) is 26.2 Å². The van der Waals surface area contributed by atoms with Crippen LogP contribution in [0.3, 0.4) is 0 Å². The van der Waals surface area contributed by atoms with Gasteiger partial charge in [0.1, 0.15) is 0 Å². The van der Waals surface area contributed by atoms with Gasteiger partial charge in [-0.05, 0) is 0 Å². The van der Waals surface area contributed by atoms with Crippen molar-refractivity contribution in [3.63, 3.8) is 0 Å². The topological polar surface area (TPSA) is 123 Å². The summed E-state index contributed by atoms with van der Waals surface area (Å²) in [4.78, 5) is 35.9. The quantitative estimate of drug-likeness (QED) is 0.338. The van der Waals surface area contributed by atoms with E-state index in [1.807, 2.05) is 0 Å². The van der Waals surface area contributed by atoms with Crippen LogP contribution in [0.15, 0.2) is 14.4 Å². The number of rotatable bonds is 0. The molecule has 1 aliphatic heterocycles. The minimum Gasteiger partial charge on any atom is -0.314 e. The minimum absolute atomic E-state index is 0. The van der Waals surface area contributed by atoms with Gasteiger partial charge in [-0.1, -0.05) is 0 Å². The van der Waals surface area contributed by atoms with E-state index in [-0.39, 0.29) is 41.7 Å². The fraction of sp³-hybridized carbons (Fsp3) is 0.571. The second-order valence-corrected chi connectivity index (χ2v) is 2.86. The molecule has 88 valence electrons. The molecular weight excluding hydrogens is 342 g/mol. The van der Waals surface area contributed by atoms with E-state index >= 15 is 0 Å². The summed E-state index contributed by atoms with van der Waals surface area (Å²) in [6.07, 6.45) is 0. The Hall–Kier alpha value is -0.293. The van der Waals surface area contributed by atoms with E-state index < -0.39 is 17.1 Å². The van der Waals surface area contributed by atoms with Crippen molar-refractivity contribution < 1.29 is 41.7 Å². The molecule has 1 aromatic heterocycles. The molecule has 0 unspecified atom stereocenters. The van der Waals surface area contributed by atoms with Gasteiger partial charge < -0.3 is 10.6 Å². The number of hydrogen-bond donors (Lipinski definition) is 5. The van der Waals surface area contributed by atoms with Crippen molar-refractivity contribution in [1.82, 2.24) is 25.6 Å². The van der Waals surface area contributed by atoms with Crippen molar-refractivity contribution in [1.29, 1.82) is 0 Å². The first kappa shape index (κ1) is 15.7. The molecule has 0 bridgehead atoms. The molecule has 0 saturated carbocycles. The first-order valence-electron chi connectivity index (χ1n) is 4.53. The number of piperazine rings is 1. The van der Waals surface area contributed by atoms with Gasteiger partial charge in [0, 0.05) is 67.9 Å². The molecule has 5 N–H and O–H groups in total. The maximum atomic E-state index is 10.2. The second-order valence-electron chi connectivity index (χ2n) is 2.86. The fourth-order valence-electron chi connectivity index (χ4n) is 1.01. The monoisotopic (exact) mass is 355 g/mol. The summed E-state index contributed by atoms with van der Waals surface area (Å²) in [7, 11) is 0. The van der Waals surface area contributed by atoms with Crippen LogP contribution in [0.4, 0.5) is 0 Å². The summed E-state index contributed by atoms with van der Waals surface area (Å²) in [5.74, 6) is 0. The molecular formula is C7H13CeN5O3. The molecule has 0 aliphatic carbocycles. The molecule has 0 spiro atoms. The summed E-state index contributed by atoms with van der Waals surface area (Å²) in [5, 5.41) is 6.44. The molecule has 16 heavy (non-hydrogen) atoms. The molecule has 2 rings (SSSR count). The van der Waals surface area contributed by atoms with Gasteiger partial charge in [0.05, 0.1) is 0 Å².